The molecule has 3 rings (SSSR count). The maximum absolute atomic E-state index is 15.4. The van der Waals surface area contributed by atoms with E-state index in [2.05, 4.69) is 20.3 Å². The second kappa shape index (κ2) is 7.26. The van der Waals surface area contributed by atoms with E-state index in [1.54, 1.807) is 27.8 Å². The van der Waals surface area contributed by atoms with Crippen molar-refractivity contribution in [3.8, 4) is 0 Å². The van der Waals surface area contributed by atoms with Gasteiger partial charge in [-0.15, -0.1) is 0 Å². The summed E-state index contributed by atoms with van der Waals surface area (Å²) in [7, 11) is 1.64. The summed E-state index contributed by atoms with van der Waals surface area (Å²) in [6.07, 6.45) is -3.59. The van der Waals surface area contributed by atoms with Crippen molar-refractivity contribution in [3.63, 3.8) is 0 Å². The van der Waals surface area contributed by atoms with Crippen molar-refractivity contribution in [2.24, 2.45) is 0 Å². The number of nitrogens with two attached hydrogens (primary N) is 1. The lowest BCUT2D eigenvalue weighted by Gasteiger charge is -2.24. The standard InChI is InChI=1S/C17H25FN6O5/c1-16(2,3)29-15(26)27-6-8-10(25)17(4,18)13(28-8)24-7-21-9-11(20-5)22-14(19)23-12(9)24/h7-8,10,13,25H,6H2,1-5H3,(H3,19,20,22,23)/t8-,10-,13-,17-/m1/s1. The van der Waals surface area contributed by atoms with Gasteiger partial charge in [0.2, 0.25) is 5.95 Å². The van der Waals surface area contributed by atoms with E-state index in [-0.39, 0.29) is 11.6 Å². The number of hydrogen-bond donors (Lipinski definition) is 3. The monoisotopic (exact) mass is 412 g/mol. The molecule has 11 nitrogen and oxygen atoms in total. The smallest absolute Gasteiger partial charge is 0.431 e. The molecule has 0 unspecified atom stereocenters. The Bertz CT molecular complexity index is 912. The molecule has 4 N–H and O–H groups in total. The van der Waals surface area contributed by atoms with Crippen LogP contribution in [0.4, 0.5) is 21.0 Å². The van der Waals surface area contributed by atoms with E-state index in [9.17, 15) is 9.90 Å². The first-order chi connectivity index (χ1) is 13.4. The Morgan fingerprint density at radius 3 is 2.79 bits per heavy atom. The minimum Gasteiger partial charge on any atom is -0.431 e. The second-order valence-electron chi connectivity index (χ2n) is 7.90. The molecule has 29 heavy (non-hydrogen) atoms. The zero-order chi connectivity index (χ0) is 21.6. The zero-order valence-corrected chi connectivity index (χ0v) is 16.8. The molecule has 1 aliphatic rings. The summed E-state index contributed by atoms with van der Waals surface area (Å²) in [5, 5.41) is 13.3. The SMILES string of the molecule is CNc1nc(N)nc2c1ncn2[C@@H]1O[C@H](COC(=O)OC(C)(C)C)[C@@H](O)[C@@]1(C)F. The highest BCUT2D eigenvalue weighted by Crippen LogP contribution is 2.42. The van der Waals surface area contributed by atoms with Crippen LogP contribution >= 0.6 is 0 Å². The fraction of sp³-hybridized carbons (Fsp3) is 0.647. The van der Waals surface area contributed by atoms with Gasteiger partial charge in [0.1, 0.15) is 24.4 Å². The third-order valence-electron chi connectivity index (χ3n) is 4.40. The summed E-state index contributed by atoms with van der Waals surface area (Å²) in [4.78, 5) is 24.1. The molecule has 3 heterocycles. The Balaban J connectivity index is 1.83. The van der Waals surface area contributed by atoms with Crippen LogP contribution in [-0.4, -0.2) is 67.9 Å². The number of nitrogen functional groups attached to an aromatic ring is 1. The summed E-state index contributed by atoms with van der Waals surface area (Å²) in [5.41, 5.74) is 3.35. The number of alkyl halides is 1. The van der Waals surface area contributed by atoms with Gasteiger partial charge < -0.3 is 30.4 Å². The van der Waals surface area contributed by atoms with Crippen LogP contribution in [0.1, 0.15) is 33.9 Å². The molecule has 2 aromatic heterocycles. The van der Waals surface area contributed by atoms with Crippen LogP contribution in [0.15, 0.2) is 6.33 Å². The topological polar surface area (TPSA) is 147 Å². The van der Waals surface area contributed by atoms with E-state index >= 15 is 4.39 Å². The molecule has 0 aromatic carbocycles. The Labute approximate surface area is 166 Å². The van der Waals surface area contributed by atoms with Gasteiger partial charge in [0, 0.05) is 7.05 Å². The number of carbonyl (C=O) groups excluding carboxylic acids is 1. The number of ether oxygens (including phenoxy) is 3. The van der Waals surface area contributed by atoms with Crippen molar-refractivity contribution in [2.45, 2.75) is 57.4 Å². The Morgan fingerprint density at radius 1 is 1.48 bits per heavy atom. The number of imidazole rings is 1. The number of nitrogens with zero attached hydrogens (tertiary/aromatic N) is 4. The fourth-order valence-electron chi connectivity index (χ4n) is 3.06. The van der Waals surface area contributed by atoms with Crippen LogP contribution in [0.5, 0.6) is 0 Å². The summed E-state index contributed by atoms with van der Waals surface area (Å²) in [5.74, 6) is 0.336. The maximum atomic E-state index is 15.4. The lowest BCUT2D eigenvalue weighted by molar-refractivity contribution is -0.0723. The number of aliphatic hydroxyl groups is 1. The van der Waals surface area contributed by atoms with Crippen molar-refractivity contribution in [1.29, 1.82) is 0 Å². The van der Waals surface area contributed by atoms with Gasteiger partial charge in [0.15, 0.2) is 28.9 Å². The Morgan fingerprint density at radius 2 is 2.17 bits per heavy atom. The molecule has 0 amide bonds. The van der Waals surface area contributed by atoms with Gasteiger partial charge >= 0.3 is 6.16 Å². The molecule has 160 valence electrons. The van der Waals surface area contributed by atoms with Crippen LogP contribution in [0, 0.1) is 0 Å². The molecule has 0 spiro atoms. The highest BCUT2D eigenvalue weighted by molar-refractivity contribution is 5.84. The molecule has 0 saturated carbocycles. The lowest BCUT2D eigenvalue weighted by Crippen LogP contribution is -2.41. The molecule has 1 aliphatic heterocycles. The van der Waals surface area contributed by atoms with Crippen molar-refractivity contribution in [2.75, 3.05) is 24.7 Å². The number of aromatic nitrogens is 4. The highest BCUT2D eigenvalue weighted by atomic mass is 19.1. The molecule has 1 fully saturated rings. The van der Waals surface area contributed by atoms with Gasteiger partial charge in [-0.3, -0.25) is 4.57 Å². The van der Waals surface area contributed by atoms with Crippen molar-refractivity contribution >= 4 is 29.1 Å². The van der Waals surface area contributed by atoms with Gasteiger partial charge in [-0.1, -0.05) is 0 Å². The summed E-state index contributed by atoms with van der Waals surface area (Å²) in [6.45, 7) is 5.84. The summed E-state index contributed by atoms with van der Waals surface area (Å²) in [6, 6.07) is 0. The van der Waals surface area contributed by atoms with Crippen molar-refractivity contribution < 1.29 is 28.5 Å². The van der Waals surface area contributed by atoms with E-state index in [0.29, 0.717) is 11.3 Å². The van der Waals surface area contributed by atoms with Crippen LogP contribution in [0.25, 0.3) is 11.2 Å². The summed E-state index contributed by atoms with van der Waals surface area (Å²) >= 11 is 0. The Hall–Kier alpha value is -2.73. The van der Waals surface area contributed by atoms with Crippen molar-refractivity contribution in [1.82, 2.24) is 19.5 Å². The number of aliphatic hydroxyl groups excluding tert-OH is 1. The minimum atomic E-state index is -2.23. The summed E-state index contributed by atoms with van der Waals surface area (Å²) < 4.78 is 32.4. The average Bonchev–Trinajstić information content (AvgIpc) is 3.10. The van der Waals surface area contributed by atoms with Gasteiger partial charge in [0.25, 0.3) is 0 Å². The van der Waals surface area contributed by atoms with E-state index < -0.39 is 42.5 Å². The number of carbonyl (C=O) groups is 1. The van der Waals surface area contributed by atoms with Gasteiger partial charge in [-0.25, -0.2) is 14.2 Å². The first-order valence-electron chi connectivity index (χ1n) is 9.00. The normalized spacial score (nSPS) is 27.2. The van der Waals surface area contributed by atoms with Gasteiger partial charge in [-0.05, 0) is 27.7 Å². The Kier molecular flexibility index (Phi) is 5.26. The predicted molar refractivity (Wildman–Crippen MR) is 101 cm³/mol. The number of halogens is 1. The minimum absolute atomic E-state index is 0.0347. The third kappa shape index (κ3) is 4.03. The van der Waals surface area contributed by atoms with Crippen molar-refractivity contribution in [3.05, 3.63) is 6.33 Å². The van der Waals surface area contributed by atoms with E-state index in [1.807, 2.05) is 0 Å². The van der Waals surface area contributed by atoms with Crippen LogP contribution in [0.2, 0.25) is 0 Å². The number of nitrogens with one attached hydrogen (secondary N) is 1. The molecule has 12 heteroatoms. The first-order valence-corrected chi connectivity index (χ1v) is 9.00. The van der Waals surface area contributed by atoms with E-state index in [4.69, 9.17) is 19.9 Å². The maximum Gasteiger partial charge on any atom is 0.508 e. The van der Waals surface area contributed by atoms with E-state index in [0.717, 1.165) is 0 Å². The molecule has 4 atom stereocenters. The molecular formula is C17H25FN6O5. The molecule has 0 aliphatic carbocycles. The average molecular weight is 412 g/mol. The third-order valence-corrected chi connectivity index (χ3v) is 4.40. The van der Waals surface area contributed by atoms with Crippen LogP contribution in [0.3, 0.4) is 0 Å². The highest BCUT2D eigenvalue weighted by Gasteiger charge is 2.55. The quantitative estimate of drug-likeness (QED) is 0.629. The van der Waals surface area contributed by atoms with Gasteiger partial charge in [0.05, 0.1) is 6.33 Å². The second-order valence-corrected chi connectivity index (χ2v) is 7.90. The van der Waals surface area contributed by atoms with Crippen LogP contribution in [-0.2, 0) is 14.2 Å². The van der Waals surface area contributed by atoms with Crippen LogP contribution < -0.4 is 11.1 Å². The fourth-order valence-corrected chi connectivity index (χ4v) is 3.06. The first kappa shape index (κ1) is 21.0. The van der Waals surface area contributed by atoms with E-state index in [1.165, 1.54) is 17.8 Å². The largest absolute Gasteiger partial charge is 0.508 e. The predicted octanol–water partition coefficient (Wildman–Crippen LogP) is 1.39. The molecular weight excluding hydrogens is 387 g/mol. The molecule has 2 aromatic rings. The van der Waals surface area contributed by atoms with Gasteiger partial charge in [-0.2, -0.15) is 9.97 Å². The number of anilines is 2. The molecule has 1 saturated heterocycles. The molecule has 0 radical (unpaired) electrons. The number of fused-ring (bicyclic) bond motifs is 1. The number of hydrogen-bond acceptors (Lipinski definition) is 10. The lowest BCUT2D eigenvalue weighted by atomic mass is 9.98. The number of rotatable bonds is 4. The molecule has 0 bridgehead atoms. The zero-order valence-electron chi connectivity index (χ0n) is 16.8.